The first kappa shape index (κ1) is 18.4. The van der Waals surface area contributed by atoms with E-state index in [0.717, 1.165) is 23.0 Å². The van der Waals surface area contributed by atoms with Crippen LogP contribution in [0.1, 0.15) is 29.2 Å². The molecule has 2 aliphatic rings. The molecule has 4 aromatic rings. The summed E-state index contributed by atoms with van der Waals surface area (Å²) >= 11 is 0. The molecule has 7 heteroatoms. The maximum atomic E-state index is 13.4. The van der Waals surface area contributed by atoms with Gasteiger partial charge in [0.1, 0.15) is 5.52 Å². The van der Waals surface area contributed by atoms with E-state index < -0.39 is 6.10 Å². The molecule has 1 aliphatic carbocycles. The highest BCUT2D eigenvalue weighted by Gasteiger charge is 2.44. The van der Waals surface area contributed by atoms with E-state index in [9.17, 15) is 9.90 Å². The average molecular weight is 413 g/mol. The number of aliphatic hydroxyl groups is 1. The second kappa shape index (κ2) is 7.13. The summed E-state index contributed by atoms with van der Waals surface area (Å²) < 4.78 is 2.11. The average Bonchev–Trinajstić information content (AvgIpc) is 3.41. The van der Waals surface area contributed by atoms with Gasteiger partial charge in [-0.25, -0.2) is 4.98 Å². The number of aliphatic hydroxyl groups excluding tert-OH is 1. The molecule has 1 amide bonds. The molecule has 1 saturated carbocycles. The number of aromatic nitrogens is 4. The molecule has 2 aromatic carbocycles. The molecule has 0 unspecified atom stereocenters. The van der Waals surface area contributed by atoms with E-state index >= 15 is 0 Å². The molecule has 0 bridgehead atoms. The Kier molecular flexibility index (Phi) is 4.24. The molecule has 4 atom stereocenters. The predicted octanol–water partition coefficient (Wildman–Crippen LogP) is 3.06. The van der Waals surface area contributed by atoms with Crippen molar-refractivity contribution < 1.29 is 9.90 Å². The predicted molar refractivity (Wildman–Crippen MR) is 116 cm³/mol. The standard InChI is InChI=1S/C24H23N5O2/c30-22-11-16-13-28(24(31)17-4-3-6-19-23(17)26-9-8-25-19)12-15(16)10-21(22)29-14-27-18-5-1-2-7-20(18)29/h1-9,14-16,21-22,30H,10-13H2/t15-,16+,21-,22-/m1/s1. The summed E-state index contributed by atoms with van der Waals surface area (Å²) in [4.78, 5) is 28.5. The molecule has 0 radical (unpaired) electrons. The molecular weight excluding hydrogens is 390 g/mol. The third-order valence-electron chi connectivity index (χ3n) is 6.96. The number of para-hydroxylation sites is 3. The van der Waals surface area contributed by atoms with Crippen LogP contribution >= 0.6 is 0 Å². The number of likely N-dealkylation sites (tertiary alicyclic amines) is 1. The van der Waals surface area contributed by atoms with Crippen molar-refractivity contribution in [3.8, 4) is 0 Å². The number of carbonyl (C=O) groups is 1. The lowest BCUT2D eigenvalue weighted by Crippen LogP contribution is -2.36. The second-order valence-electron chi connectivity index (χ2n) is 8.71. The summed E-state index contributed by atoms with van der Waals surface area (Å²) in [6.07, 6.45) is 6.19. The first-order valence-corrected chi connectivity index (χ1v) is 10.8. The Hall–Kier alpha value is -3.32. The van der Waals surface area contributed by atoms with Crippen molar-refractivity contribution in [3.05, 3.63) is 66.7 Å². The van der Waals surface area contributed by atoms with Crippen LogP contribution in [0, 0.1) is 11.8 Å². The SMILES string of the molecule is O=C(c1cccc2nccnc12)N1C[C@H]2C[C@@H](n3cnc4ccccc43)[C@H](O)C[C@H]2C1. The van der Waals surface area contributed by atoms with Gasteiger partial charge in [-0.1, -0.05) is 18.2 Å². The Labute approximate surface area is 179 Å². The molecule has 0 spiro atoms. The fourth-order valence-corrected chi connectivity index (χ4v) is 5.45. The first-order chi connectivity index (χ1) is 15.2. The van der Waals surface area contributed by atoms with Gasteiger partial charge < -0.3 is 14.6 Å². The van der Waals surface area contributed by atoms with E-state index in [1.54, 1.807) is 12.4 Å². The van der Waals surface area contributed by atoms with Crippen LogP contribution in [0.25, 0.3) is 22.1 Å². The van der Waals surface area contributed by atoms with Crippen molar-refractivity contribution in [1.82, 2.24) is 24.4 Å². The zero-order valence-electron chi connectivity index (χ0n) is 17.0. The van der Waals surface area contributed by atoms with E-state index in [0.29, 0.717) is 42.4 Å². The number of amides is 1. The Morgan fingerprint density at radius 2 is 1.68 bits per heavy atom. The van der Waals surface area contributed by atoms with Crippen molar-refractivity contribution >= 4 is 28.0 Å². The summed E-state index contributed by atoms with van der Waals surface area (Å²) in [5.41, 5.74) is 3.96. The molecule has 7 nitrogen and oxygen atoms in total. The van der Waals surface area contributed by atoms with Gasteiger partial charge in [0.05, 0.1) is 40.6 Å². The minimum Gasteiger partial charge on any atom is -0.391 e. The van der Waals surface area contributed by atoms with Crippen molar-refractivity contribution in [2.45, 2.75) is 25.0 Å². The number of carbonyl (C=O) groups excluding carboxylic acids is 1. The quantitative estimate of drug-likeness (QED) is 0.546. The topological polar surface area (TPSA) is 84.1 Å². The van der Waals surface area contributed by atoms with Crippen molar-refractivity contribution in [2.24, 2.45) is 11.8 Å². The Bertz CT molecular complexity index is 1280. The van der Waals surface area contributed by atoms with Gasteiger partial charge in [-0.15, -0.1) is 0 Å². The Morgan fingerprint density at radius 1 is 0.903 bits per heavy atom. The van der Waals surface area contributed by atoms with Gasteiger partial charge in [0.25, 0.3) is 5.91 Å². The van der Waals surface area contributed by atoms with Gasteiger partial charge in [0.15, 0.2) is 0 Å². The van der Waals surface area contributed by atoms with Gasteiger partial charge >= 0.3 is 0 Å². The van der Waals surface area contributed by atoms with E-state index in [1.165, 1.54) is 0 Å². The summed E-state index contributed by atoms with van der Waals surface area (Å²) in [7, 11) is 0. The molecule has 2 fully saturated rings. The normalized spacial score (nSPS) is 25.8. The summed E-state index contributed by atoms with van der Waals surface area (Å²) in [5.74, 6) is 0.672. The second-order valence-corrected chi connectivity index (χ2v) is 8.71. The molecule has 2 aromatic heterocycles. The molecular formula is C24H23N5O2. The summed E-state index contributed by atoms with van der Waals surface area (Å²) in [6, 6.07) is 13.6. The molecule has 1 aliphatic heterocycles. The highest BCUT2D eigenvalue weighted by molar-refractivity contribution is 6.04. The van der Waals surface area contributed by atoms with E-state index in [4.69, 9.17) is 0 Å². The number of nitrogens with zero attached hydrogens (tertiary/aromatic N) is 5. The van der Waals surface area contributed by atoms with Crippen molar-refractivity contribution in [2.75, 3.05) is 13.1 Å². The number of fused-ring (bicyclic) bond motifs is 3. The maximum Gasteiger partial charge on any atom is 0.256 e. The number of benzene rings is 2. The van der Waals surface area contributed by atoms with Gasteiger partial charge in [-0.3, -0.25) is 14.8 Å². The van der Waals surface area contributed by atoms with Crippen LogP contribution in [0.4, 0.5) is 0 Å². The highest BCUT2D eigenvalue weighted by atomic mass is 16.3. The molecule has 6 rings (SSSR count). The summed E-state index contributed by atoms with van der Waals surface area (Å²) in [5, 5.41) is 11.0. The number of rotatable bonds is 2. The maximum absolute atomic E-state index is 13.4. The smallest absolute Gasteiger partial charge is 0.256 e. The lowest BCUT2D eigenvalue weighted by atomic mass is 9.77. The van der Waals surface area contributed by atoms with Crippen molar-refractivity contribution in [3.63, 3.8) is 0 Å². The van der Waals surface area contributed by atoms with Crippen LogP contribution in [0.15, 0.2) is 61.2 Å². The third kappa shape index (κ3) is 2.99. The van der Waals surface area contributed by atoms with Gasteiger partial charge in [-0.05, 0) is 48.9 Å². The molecule has 31 heavy (non-hydrogen) atoms. The van der Waals surface area contributed by atoms with Crippen LogP contribution in [-0.2, 0) is 0 Å². The van der Waals surface area contributed by atoms with Crippen LogP contribution in [0.3, 0.4) is 0 Å². The van der Waals surface area contributed by atoms with Gasteiger partial charge in [-0.2, -0.15) is 0 Å². The number of hydrogen-bond acceptors (Lipinski definition) is 5. The number of imidazole rings is 1. The first-order valence-electron chi connectivity index (χ1n) is 10.8. The fraction of sp³-hybridized carbons (Fsp3) is 0.333. The van der Waals surface area contributed by atoms with E-state index in [1.807, 2.05) is 53.7 Å². The molecule has 156 valence electrons. The van der Waals surface area contributed by atoms with Crippen LogP contribution in [-0.4, -0.2) is 54.6 Å². The molecule has 1 saturated heterocycles. The lowest BCUT2D eigenvalue weighted by Gasteiger charge is -2.36. The zero-order valence-corrected chi connectivity index (χ0v) is 17.0. The van der Waals surface area contributed by atoms with Gasteiger partial charge in [0, 0.05) is 25.5 Å². The van der Waals surface area contributed by atoms with Crippen LogP contribution in [0.2, 0.25) is 0 Å². The third-order valence-corrected chi connectivity index (χ3v) is 6.96. The number of hydrogen-bond donors (Lipinski definition) is 1. The minimum absolute atomic E-state index is 0.000351. The monoisotopic (exact) mass is 413 g/mol. The fourth-order valence-electron chi connectivity index (χ4n) is 5.45. The van der Waals surface area contributed by atoms with Crippen LogP contribution < -0.4 is 0 Å². The minimum atomic E-state index is -0.447. The Morgan fingerprint density at radius 3 is 2.58 bits per heavy atom. The largest absolute Gasteiger partial charge is 0.391 e. The van der Waals surface area contributed by atoms with Crippen molar-refractivity contribution in [1.29, 1.82) is 0 Å². The van der Waals surface area contributed by atoms with E-state index in [2.05, 4.69) is 19.5 Å². The van der Waals surface area contributed by atoms with Gasteiger partial charge in [0.2, 0.25) is 0 Å². The lowest BCUT2D eigenvalue weighted by molar-refractivity contribution is 0.0374. The molecule has 1 N–H and O–H groups in total. The Balaban J connectivity index is 1.26. The van der Waals surface area contributed by atoms with E-state index in [-0.39, 0.29) is 11.9 Å². The van der Waals surface area contributed by atoms with Crippen LogP contribution in [0.5, 0.6) is 0 Å². The molecule has 3 heterocycles. The highest BCUT2D eigenvalue weighted by Crippen LogP contribution is 2.42. The zero-order chi connectivity index (χ0) is 20.9. The summed E-state index contributed by atoms with van der Waals surface area (Å²) in [6.45, 7) is 1.38.